The Morgan fingerprint density at radius 3 is 0.500 bits per heavy atom. The molecule has 0 rings (SSSR count). The summed E-state index contributed by atoms with van der Waals surface area (Å²) in [6.07, 6.45) is 0. The molecule has 0 saturated carbocycles. The first kappa shape index (κ1) is 29.8. The van der Waals surface area contributed by atoms with Gasteiger partial charge in [0.05, 0.1) is 0 Å². The van der Waals surface area contributed by atoms with Crippen molar-refractivity contribution in [3.05, 3.63) is 0 Å². The van der Waals surface area contributed by atoms with Gasteiger partial charge in [-0.1, -0.05) is 0 Å². The van der Waals surface area contributed by atoms with Gasteiger partial charge in [-0.25, -0.2) is 0 Å². The Labute approximate surface area is 82.0 Å². The van der Waals surface area contributed by atoms with Crippen molar-refractivity contribution in [1.82, 2.24) is 0 Å². The first-order chi connectivity index (χ1) is 0. The number of hydrogen-bond acceptors (Lipinski definition) is 0. The van der Waals surface area contributed by atoms with E-state index in [9.17, 15) is 0 Å². The van der Waals surface area contributed by atoms with Gasteiger partial charge < -0.3 is 0 Å². The second kappa shape index (κ2) is 17.3. The number of hydrogen-bond donors (Lipinski definition) is 0. The zero-order valence-electron chi connectivity index (χ0n) is 0.707. The molecule has 0 atom stereocenters. The Morgan fingerprint density at radius 1 is 0.500 bits per heavy atom. The molecule has 0 spiro atoms. The topological polar surface area (TPSA) is 0 Å². The van der Waals surface area contributed by atoms with Crippen molar-refractivity contribution in [1.29, 1.82) is 0 Å². The van der Waals surface area contributed by atoms with Crippen molar-refractivity contribution in [2.75, 3.05) is 0 Å². The van der Waals surface area contributed by atoms with Crippen LogP contribution in [0.25, 0.3) is 0 Å². The summed E-state index contributed by atoms with van der Waals surface area (Å²) in [5.74, 6) is 0. The Bertz CT molecular complexity index is 3.25. The maximum absolute atomic E-state index is 0. The average Bonchev–Trinajstić information content (AvgIpc) is 0. The monoisotopic (exact) mass is 338 g/mol. The van der Waals surface area contributed by atoms with Crippen molar-refractivity contribution < 1.29 is 0 Å². The predicted octanol–water partition coefficient (Wildman–Crippen LogP) is -4.47. The second-order valence-electron chi connectivity index (χ2n) is 0. The van der Waals surface area contributed by atoms with Gasteiger partial charge in [-0.3, -0.25) is 0 Å². The third kappa shape index (κ3) is 8.83. The molecule has 0 aromatic carbocycles. The van der Waals surface area contributed by atoms with Crippen LogP contribution in [0.5, 0.6) is 0 Å². The quantitative estimate of drug-likeness (QED) is 0.391. The van der Waals surface area contributed by atoms with Gasteiger partial charge in [0.15, 0.2) is 0 Å². The zero-order chi connectivity index (χ0) is 0. The van der Waals surface area contributed by atoms with Crippen LogP contribution in [0.3, 0.4) is 0 Å². The Balaban J connectivity index is 0. The summed E-state index contributed by atoms with van der Waals surface area (Å²) in [5, 5.41) is 0. The van der Waals surface area contributed by atoms with Crippen LogP contribution >= 0.6 is 0 Å². The van der Waals surface area contributed by atoms with Crippen molar-refractivity contribution in [2.24, 2.45) is 0 Å². The van der Waals surface area contributed by atoms with E-state index in [0.717, 1.165) is 0 Å². The summed E-state index contributed by atoms with van der Waals surface area (Å²) in [6, 6.07) is 0. The van der Waals surface area contributed by atoms with Crippen LogP contribution in [0.4, 0.5) is 0 Å². The van der Waals surface area contributed by atoms with Crippen molar-refractivity contribution >= 4 is 83.3 Å². The fourth-order valence-electron chi connectivity index (χ4n) is 0. The van der Waals surface area contributed by atoms with Crippen molar-refractivity contribution in [3.8, 4) is 0 Å². The zero-order valence-corrected chi connectivity index (χ0v) is 4.74. The van der Waals surface area contributed by atoms with Crippen LogP contribution < -0.4 is 0 Å². The van der Waals surface area contributed by atoms with Crippen LogP contribution in [-0.4, -0.2) is 83.3 Å². The molecule has 0 amide bonds. The molecule has 0 nitrogen and oxygen atoms in total. The van der Waals surface area contributed by atoms with E-state index in [1.807, 2.05) is 0 Å². The van der Waals surface area contributed by atoms with Crippen LogP contribution in [-0.2, 0) is 0 Å². The molecule has 0 saturated heterocycles. The molecule has 0 N–H and O–H groups in total. The molecular weight excluding hydrogens is 328 g/mol. The van der Waals surface area contributed by atoms with Gasteiger partial charge in [-0.2, -0.15) is 0 Å². The van der Waals surface area contributed by atoms with Crippen LogP contribution in [0.1, 0.15) is 0 Å². The van der Waals surface area contributed by atoms with E-state index in [1.54, 1.807) is 0 Å². The fourth-order valence-corrected chi connectivity index (χ4v) is 0. The van der Waals surface area contributed by atoms with Gasteiger partial charge in [0.25, 0.3) is 0 Å². The Hall–Kier alpha value is 2.71. The molecule has 0 aliphatic heterocycles. The van der Waals surface area contributed by atoms with E-state index in [4.69, 9.17) is 0 Å². The van der Waals surface area contributed by atoms with E-state index >= 15 is 0 Å². The van der Waals surface area contributed by atoms with E-state index in [2.05, 4.69) is 0 Å². The maximum atomic E-state index is 0. The predicted molar refractivity (Wildman–Crippen MR) is 38.4 cm³/mol. The van der Waals surface area contributed by atoms with Gasteiger partial charge >= 0.3 is 83.3 Å². The third-order valence-electron chi connectivity index (χ3n) is 0. The SMILES string of the molecule is [GaH3].[GaH3].[GaH3].[SnH2]. The van der Waals surface area contributed by atoms with Gasteiger partial charge in [-0.15, -0.1) is 0 Å². The molecular formula is H11Ga3Sn. The molecule has 2 radical (unpaired) electrons. The molecule has 24 valence electrons. The van der Waals surface area contributed by atoms with Crippen LogP contribution in [0.2, 0.25) is 0 Å². The molecule has 0 aromatic heterocycles. The molecule has 4 heavy (non-hydrogen) atoms. The summed E-state index contributed by atoms with van der Waals surface area (Å²) in [4.78, 5) is 0. The molecule has 4 heteroatoms. The normalized spacial score (nSPS) is 0. The summed E-state index contributed by atoms with van der Waals surface area (Å²) in [5.41, 5.74) is 0. The minimum atomic E-state index is 0. The molecule has 0 heterocycles. The van der Waals surface area contributed by atoms with E-state index in [-0.39, 0.29) is 83.3 Å². The van der Waals surface area contributed by atoms with E-state index in [1.165, 1.54) is 0 Å². The molecule has 0 fully saturated rings. The number of rotatable bonds is 0. The van der Waals surface area contributed by atoms with Crippen LogP contribution in [0, 0.1) is 0 Å². The van der Waals surface area contributed by atoms with Crippen LogP contribution in [0.15, 0.2) is 0 Å². The first-order valence-electron chi connectivity index (χ1n) is 0. The molecule has 0 bridgehead atoms. The van der Waals surface area contributed by atoms with Crippen molar-refractivity contribution in [3.63, 3.8) is 0 Å². The molecule has 0 aromatic rings. The van der Waals surface area contributed by atoms with Crippen molar-refractivity contribution in [2.45, 2.75) is 0 Å². The standard InChI is InChI=1S/3Ga.Sn.11H. The summed E-state index contributed by atoms with van der Waals surface area (Å²) >= 11 is 0. The van der Waals surface area contributed by atoms with Gasteiger partial charge in [0, 0.05) is 0 Å². The fraction of sp³-hybridized carbons (Fsp3) is 0. The molecule has 0 aliphatic carbocycles. The Kier molecular flexibility index (Phi) is 129. The van der Waals surface area contributed by atoms with Gasteiger partial charge in [0.1, 0.15) is 0 Å². The van der Waals surface area contributed by atoms with Gasteiger partial charge in [0.2, 0.25) is 0 Å². The summed E-state index contributed by atoms with van der Waals surface area (Å²) < 4.78 is 0. The molecule has 0 unspecified atom stereocenters. The third-order valence-corrected chi connectivity index (χ3v) is 0. The first-order valence-corrected chi connectivity index (χ1v) is 0. The summed E-state index contributed by atoms with van der Waals surface area (Å²) in [6.45, 7) is 0. The second-order valence-corrected chi connectivity index (χ2v) is 0. The van der Waals surface area contributed by atoms with Gasteiger partial charge in [-0.05, 0) is 0 Å². The summed E-state index contributed by atoms with van der Waals surface area (Å²) in [7, 11) is 0. The Morgan fingerprint density at radius 2 is 0.500 bits per heavy atom. The van der Waals surface area contributed by atoms with E-state index < -0.39 is 0 Å². The average molecular weight is 339 g/mol. The minimum absolute atomic E-state index is 0. The molecule has 0 aliphatic rings. The van der Waals surface area contributed by atoms with E-state index in [0.29, 0.717) is 0 Å².